The second-order valence-electron chi connectivity index (χ2n) is 54.8. The van der Waals surface area contributed by atoms with Crippen molar-refractivity contribution in [2.45, 2.75) is 458 Å². The molecule has 138 heavy (non-hydrogen) atoms. The van der Waals surface area contributed by atoms with Crippen LogP contribution in [0, 0.1) is 207 Å². The van der Waals surface area contributed by atoms with E-state index in [0.717, 1.165) is 241 Å². The first-order valence-electron chi connectivity index (χ1n) is 57.9. The van der Waals surface area contributed by atoms with Gasteiger partial charge in [-0.2, -0.15) is 0 Å². The predicted octanol–water partition coefficient (Wildman–Crippen LogP) is 23.8. The van der Waals surface area contributed by atoms with Crippen LogP contribution in [0.15, 0.2) is 46.6 Å². The average Bonchev–Trinajstić information content (AvgIpc) is 1.57. The van der Waals surface area contributed by atoms with Crippen molar-refractivity contribution in [3.63, 3.8) is 0 Å². The molecule has 8 N–H and O–H groups in total. The monoisotopic (exact) mass is 1970 g/mol. The molecule has 779 valence electrons. The van der Waals surface area contributed by atoms with Gasteiger partial charge >= 0.3 is 11.9 Å². The standard InChI is InChI=1S/C30H52BO3S.C29H46BO4S.C29H50BO4S.C29H46O4/c1-8-20(11-9-10-18(2)3)26-22-16-23(32)27-28(5)14-13-25(34-35-31)19(4)21(28)12-15-29(27,6)30(22,7)17-24(26)33;1-16(2)8-7-9-18-24-20-14-21(31)25-27(4)12-11-22(34-35-30)17(3)19(27)10-13-28(25,5)29(20,6)15-23(24)33-26(18)32;1-17(2)8-7-9-19(16-31)25-21-14-22(32)26-27(4)12-11-24(34-35-30)18(3)20(27)10-13-28(26,5)29(21,6)15-23(25)33;1-16(2)8-7-9-18-24-20-14-22(31)25-27(4)12-11-21(30)17(3)19(27)10-13-28(25,5)29(20,6)15-23(24)33-26(18)32/h10,19-27,31-33H,8-9,11-17H2,1-7H3;8,17-25,30-31H,7,9-15H2,1-6H3;8,18-26,30-33H,7,9-16H2,1-6H3;8,17-25,30-31H,7,9-15H2,1-6H3/t19?,20-,21?,22?,23?,24-,25+,26?,27?,28-,29?,30-;17?,18-,19?,20?,21?,22+,23-,24?,25?,27-,28?,29-;18?,19-,20?,21?,22?,23+,24-,25?,26?,27+,28?,29+;17?,18-,19?,20?,21?,22?,23-,24?,25?,27-,28?,29-/m0010/s1/i31T;2*30T;. The first-order chi connectivity index (χ1) is 66.3. The summed E-state index contributed by atoms with van der Waals surface area (Å²) in [5.74, 6) is 7.20. The van der Waals surface area contributed by atoms with E-state index in [-0.39, 0.29) is 216 Å². The number of hydrogen-bond donors (Lipinski definition) is 8. The summed E-state index contributed by atoms with van der Waals surface area (Å²) >= 11 is 3.46. The first kappa shape index (κ1) is 107. The highest BCUT2D eigenvalue weighted by molar-refractivity contribution is 8.16. The molecule has 2 aliphatic heterocycles. The van der Waals surface area contributed by atoms with Gasteiger partial charge in [-0.25, -0.2) is 0 Å². The zero-order valence-electron chi connectivity index (χ0n) is 93.5. The normalized spacial score (nSPS) is 52.2. The molecule has 2 saturated heterocycles. The lowest BCUT2D eigenvalue weighted by Gasteiger charge is -2.69. The van der Waals surface area contributed by atoms with Crippen molar-refractivity contribution in [1.29, 1.82) is 4.01 Å². The van der Waals surface area contributed by atoms with E-state index in [1.807, 2.05) is 0 Å². The zero-order chi connectivity index (χ0) is 103. The maximum Gasteiger partial charge on any atom is 0.309 e. The Kier molecular flexibility index (Phi) is 32.3. The average molecular weight is 1980 g/mol. The number of carbonyl (C=O) groups is 2. The van der Waals surface area contributed by atoms with Crippen LogP contribution in [0.2, 0.25) is 0 Å². The van der Waals surface area contributed by atoms with E-state index >= 15 is 0 Å². The summed E-state index contributed by atoms with van der Waals surface area (Å²) in [6, 6.07) is 0. The molecule has 0 aromatic rings. The van der Waals surface area contributed by atoms with Gasteiger partial charge in [0.15, 0.2) is 0 Å². The van der Waals surface area contributed by atoms with Crippen LogP contribution >= 0.6 is 35.7 Å². The molecule has 2 heterocycles. The number of esters is 2. The SMILES string of the molecule is CC(C)=CCC[C@@H]1C(=O)O[C@H]2C[C@@]3(C)C(CC(O)C4C3(C)CCC3C(C)C(O)CC[C@@]34C)C21.[3H][B]SO[C@@H]1CC[C@@]2(C)C(CCC3(C)C2C(O)CC2C([C@@H](CC)CCC=C(C)C)[C@@H](O)C[C@@]23C)C1C.[3H][B]SO[C@@H]1CC[C@@]2(C)C(CCC3(C)C2C(O)CC2C([C@@H](CO)CCC=C(C)C)[C@@H](O)C[C@@]23C)C1C.[3H][B]SO[C@@H]1CC[C@@]2(C)C(CCC3(C)C2C(O)CC2C4[C@H](C[C@@]23C)OC(=O)[C@H]4CCC=C(C)C)C1C. The topological polar surface area (TPSA) is 242 Å². The van der Waals surface area contributed by atoms with E-state index in [4.69, 9.17) is 26.0 Å². The molecule has 0 amide bonds. The Bertz CT molecular complexity index is 4290. The lowest BCUT2D eigenvalue weighted by Crippen LogP contribution is -2.66. The molecule has 16 aliphatic carbocycles. The minimum Gasteiger partial charge on any atom is -0.462 e. The highest BCUT2D eigenvalue weighted by Gasteiger charge is 2.79. The van der Waals surface area contributed by atoms with Crippen LogP contribution in [0.1, 0.15) is 385 Å². The summed E-state index contributed by atoms with van der Waals surface area (Å²) in [6.07, 6.45) is 39.9. The molecule has 15 nitrogen and oxygen atoms in total. The summed E-state index contributed by atoms with van der Waals surface area (Å²) < 4.78 is 52.2. The first-order valence-corrected chi connectivity index (χ1v) is 58.6. The van der Waals surface area contributed by atoms with Crippen molar-refractivity contribution in [2.75, 3.05) is 6.61 Å². The highest BCUT2D eigenvalue weighted by atomic mass is 32.2. The predicted molar refractivity (Wildman–Crippen MR) is 567 cm³/mol. The maximum absolute atomic E-state index is 12.9. The van der Waals surface area contributed by atoms with Crippen molar-refractivity contribution >= 4 is 68.9 Å². The van der Waals surface area contributed by atoms with Gasteiger partial charge in [0.2, 0.25) is 21.3 Å². The number of aliphatic hydroxyl groups is 8. The van der Waals surface area contributed by atoms with Gasteiger partial charge in [-0.15, -0.1) is 0 Å². The Balaban J connectivity index is 0.000000142. The fourth-order valence-corrected chi connectivity index (χ4v) is 43.1. The van der Waals surface area contributed by atoms with Crippen molar-refractivity contribution in [2.24, 2.45) is 207 Å². The number of allylic oxidation sites excluding steroid dienone is 8. The largest absolute Gasteiger partial charge is 0.462 e. The molecule has 48 atom stereocenters. The van der Waals surface area contributed by atoms with Crippen molar-refractivity contribution in [1.82, 2.24) is 0 Å². The number of fused-ring (bicyclic) bond motifs is 24. The van der Waals surface area contributed by atoms with Gasteiger partial charge in [0.05, 0.1) is 72.9 Å². The molecule has 0 aromatic carbocycles. The molecule has 3 radical (unpaired) electrons. The van der Waals surface area contributed by atoms with E-state index in [1.165, 1.54) is 50.0 Å². The molecule has 29 unspecified atom stereocenters. The smallest absolute Gasteiger partial charge is 0.309 e. The Morgan fingerprint density at radius 1 is 0.377 bits per heavy atom. The second-order valence-corrected chi connectivity index (χ2v) is 56.0. The molecular weight excluding hydrogens is 1770 g/mol. The molecule has 0 bridgehead atoms. The summed E-state index contributed by atoms with van der Waals surface area (Å²) in [6.45, 7) is 58.1. The molecule has 18 rings (SSSR count). The molecule has 21 heteroatoms. The van der Waals surface area contributed by atoms with Gasteiger partial charge in [0.25, 0.3) is 0 Å². The van der Waals surface area contributed by atoms with Crippen molar-refractivity contribution in [3.05, 3.63) is 46.6 Å². The van der Waals surface area contributed by atoms with Crippen LogP contribution in [0.25, 0.3) is 0 Å². The molecule has 16 saturated carbocycles. The number of hydrogen-bond acceptors (Lipinski definition) is 18. The van der Waals surface area contributed by atoms with Crippen LogP contribution in [0.4, 0.5) is 0 Å². The van der Waals surface area contributed by atoms with Gasteiger partial charge in [-0.05, 0) is 448 Å². The maximum atomic E-state index is 12.9. The second kappa shape index (κ2) is 41.8. The van der Waals surface area contributed by atoms with Crippen molar-refractivity contribution in [3.8, 4) is 0 Å². The molecule has 0 aromatic heterocycles. The van der Waals surface area contributed by atoms with Gasteiger partial charge in [-0.3, -0.25) is 9.59 Å². The lowest BCUT2D eigenvalue weighted by atomic mass is 9.36. The third kappa shape index (κ3) is 18.2. The van der Waals surface area contributed by atoms with Crippen molar-refractivity contribution < 1.29 is 72.5 Å². The summed E-state index contributed by atoms with van der Waals surface area (Å²) in [4.78, 5) is 25.8. The van der Waals surface area contributed by atoms with Crippen LogP contribution in [-0.4, -0.2) is 158 Å². The quantitative estimate of drug-likeness (QED) is 0.0183. The Labute approximate surface area is 858 Å². The number of carbonyl (C=O) groups excluding carboxylic acids is 2. The van der Waals surface area contributed by atoms with Crippen LogP contribution < -0.4 is 0 Å². The van der Waals surface area contributed by atoms with Crippen LogP contribution in [0.5, 0.6) is 0 Å². The van der Waals surface area contributed by atoms with E-state index in [0.29, 0.717) is 76.9 Å². The van der Waals surface area contributed by atoms with Crippen LogP contribution in [-0.2, 0) is 31.6 Å². The third-order valence-electron chi connectivity index (χ3n) is 48.5. The molecule has 18 aliphatic rings. The number of ether oxygens (including phenoxy) is 2. The molecule has 0 spiro atoms. The molecule has 18 fully saturated rings. The minimum absolute atomic E-state index is 0.00147. The zero-order valence-corrected chi connectivity index (χ0v) is 93.0. The summed E-state index contributed by atoms with van der Waals surface area (Å²) in [7, 11) is 3.84. The van der Waals surface area contributed by atoms with Gasteiger partial charge < -0.3 is 62.9 Å². The summed E-state index contributed by atoms with van der Waals surface area (Å²) in [5, 5.41) is 91.8. The summed E-state index contributed by atoms with van der Waals surface area (Å²) in [5.41, 5.74) is 5.74. The van der Waals surface area contributed by atoms with Gasteiger partial charge in [-0.1, -0.05) is 206 Å². The van der Waals surface area contributed by atoms with Gasteiger partial charge in [0, 0.05) is 18.4 Å². The fourth-order valence-electron chi connectivity index (χ4n) is 41.8. The lowest BCUT2D eigenvalue weighted by molar-refractivity contribution is -0.240. The van der Waals surface area contributed by atoms with E-state index < -0.39 is 6.10 Å². The van der Waals surface area contributed by atoms with E-state index in [2.05, 4.69) is 197 Å². The minimum atomic E-state index is -0.418. The van der Waals surface area contributed by atoms with Gasteiger partial charge in [0.1, 0.15) is 12.2 Å². The Hall–Kier alpha value is -1.30. The fraction of sp³-hybridized carbons (Fsp3) is 0.915. The van der Waals surface area contributed by atoms with Crippen LogP contribution in [0.3, 0.4) is 0 Å². The Morgan fingerprint density at radius 3 is 0.978 bits per heavy atom. The third-order valence-corrected chi connectivity index (χ3v) is 49.6. The Morgan fingerprint density at radius 2 is 0.667 bits per heavy atom. The van der Waals surface area contributed by atoms with E-state index in [9.17, 15) is 50.4 Å². The molecular formula is C117H194B3O15S3. The highest BCUT2D eigenvalue weighted by Crippen LogP contribution is 2.82. The number of aliphatic hydroxyl groups excluding tert-OH is 8. The van der Waals surface area contributed by atoms with E-state index in [1.54, 1.807) is 0 Å². The number of rotatable bonds is 25.